The maximum atomic E-state index is 10.5. The number of allylic oxidation sites excluding steroid dienone is 1. The van der Waals surface area contributed by atoms with E-state index in [2.05, 4.69) is 52.8 Å². The quantitative estimate of drug-likeness (QED) is 0.765. The number of hydrogen-bond acceptors (Lipinski definition) is 2. The number of fused-ring (bicyclic) bond motifs is 1. The van der Waals surface area contributed by atoms with Crippen molar-refractivity contribution in [1.29, 1.82) is 0 Å². The van der Waals surface area contributed by atoms with Gasteiger partial charge in [-0.2, -0.15) is 0 Å². The number of ether oxygens (including phenoxy) is 1. The Kier molecular flexibility index (Phi) is 3.64. The molecule has 0 aliphatic heterocycles. The van der Waals surface area contributed by atoms with E-state index in [1.54, 1.807) is 0 Å². The zero-order valence-electron chi connectivity index (χ0n) is 12.4. The first-order valence-electron chi connectivity index (χ1n) is 6.74. The lowest BCUT2D eigenvalue weighted by Crippen LogP contribution is -2.14. The van der Waals surface area contributed by atoms with E-state index in [1.165, 1.54) is 27.8 Å². The highest BCUT2D eigenvalue weighted by molar-refractivity contribution is 5.79. The van der Waals surface area contributed by atoms with Gasteiger partial charge in [0.1, 0.15) is 19.0 Å². The number of carbonyl (C=O) groups is 1. The molecule has 0 saturated carbocycles. The molecule has 102 valence electrons. The number of benzene rings is 1. The van der Waals surface area contributed by atoms with Crippen LogP contribution in [-0.2, 0) is 14.9 Å². The normalized spacial score (nSPS) is 18.7. The summed E-state index contributed by atoms with van der Waals surface area (Å²) in [6.45, 7) is 11.1. The fourth-order valence-corrected chi connectivity index (χ4v) is 2.81. The highest BCUT2D eigenvalue weighted by Gasteiger charge is 2.31. The number of rotatable bonds is 3. The zero-order chi connectivity index (χ0) is 14.2. The largest absolute Gasteiger partial charge is 0.362 e. The molecule has 1 aliphatic carbocycles. The standard InChI is InChI=1S/C17H22O2/c1-11-12(2)16(19-10-9-18)13-7-6-8-14(15(11)13)17(3,4)5/h6-9,16H,10H2,1-5H3. The molecule has 0 fully saturated rings. The van der Waals surface area contributed by atoms with Gasteiger partial charge < -0.3 is 9.53 Å². The van der Waals surface area contributed by atoms with Crippen molar-refractivity contribution in [2.24, 2.45) is 0 Å². The predicted octanol–water partition coefficient (Wildman–Crippen LogP) is 4.05. The van der Waals surface area contributed by atoms with Crippen LogP contribution in [0.25, 0.3) is 5.57 Å². The molecule has 0 radical (unpaired) electrons. The molecular weight excluding hydrogens is 236 g/mol. The Labute approximate surface area is 115 Å². The number of hydrogen-bond donors (Lipinski definition) is 0. The summed E-state index contributed by atoms with van der Waals surface area (Å²) in [7, 11) is 0. The summed E-state index contributed by atoms with van der Waals surface area (Å²) < 4.78 is 5.70. The van der Waals surface area contributed by atoms with E-state index < -0.39 is 0 Å². The molecule has 2 rings (SSSR count). The van der Waals surface area contributed by atoms with Crippen LogP contribution >= 0.6 is 0 Å². The van der Waals surface area contributed by atoms with Crippen molar-refractivity contribution in [3.8, 4) is 0 Å². The molecule has 19 heavy (non-hydrogen) atoms. The van der Waals surface area contributed by atoms with Crippen molar-refractivity contribution in [3.63, 3.8) is 0 Å². The Bertz CT molecular complexity index is 533. The third-order valence-corrected chi connectivity index (χ3v) is 3.88. The molecule has 2 nitrogen and oxygen atoms in total. The molecule has 0 bridgehead atoms. The van der Waals surface area contributed by atoms with Crippen LogP contribution in [0, 0.1) is 0 Å². The summed E-state index contributed by atoms with van der Waals surface area (Å²) >= 11 is 0. The van der Waals surface area contributed by atoms with Gasteiger partial charge in [-0.25, -0.2) is 0 Å². The van der Waals surface area contributed by atoms with Gasteiger partial charge >= 0.3 is 0 Å². The van der Waals surface area contributed by atoms with Gasteiger partial charge in [0.05, 0.1) is 0 Å². The van der Waals surface area contributed by atoms with E-state index in [0.29, 0.717) is 0 Å². The molecule has 1 unspecified atom stereocenters. The monoisotopic (exact) mass is 258 g/mol. The van der Waals surface area contributed by atoms with Crippen LogP contribution in [0.5, 0.6) is 0 Å². The highest BCUT2D eigenvalue weighted by Crippen LogP contribution is 2.46. The lowest BCUT2D eigenvalue weighted by atomic mass is 9.81. The molecule has 1 aromatic carbocycles. The molecule has 1 aliphatic rings. The van der Waals surface area contributed by atoms with Crippen LogP contribution in [0.2, 0.25) is 0 Å². The molecular formula is C17H22O2. The van der Waals surface area contributed by atoms with Gasteiger partial charge in [0, 0.05) is 0 Å². The minimum Gasteiger partial charge on any atom is -0.362 e. The summed E-state index contributed by atoms with van der Waals surface area (Å²) in [4.78, 5) is 10.5. The molecule has 0 heterocycles. The second-order valence-electron chi connectivity index (χ2n) is 6.21. The zero-order valence-corrected chi connectivity index (χ0v) is 12.4. The molecule has 0 N–H and O–H groups in total. The fraction of sp³-hybridized carbons (Fsp3) is 0.471. The Morgan fingerprint density at radius 3 is 2.53 bits per heavy atom. The average molecular weight is 258 g/mol. The molecule has 0 aromatic heterocycles. The van der Waals surface area contributed by atoms with Gasteiger partial charge in [0.15, 0.2) is 0 Å². The van der Waals surface area contributed by atoms with Crippen LogP contribution in [0.15, 0.2) is 23.8 Å². The van der Waals surface area contributed by atoms with Crippen molar-refractivity contribution in [2.75, 3.05) is 6.61 Å². The fourth-order valence-electron chi connectivity index (χ4n) is 2.81. The second-order valence-corrected chi connectivity index (χ2v) is 6.21. The Morgan fingerprint density at radius 2 is 1.95 bits per heavy atom. The van der Waals surface area contributed by atoms with Gasteiger partial charge in [-0.3, -0.25) is 0 Å². The summed E-state index contributed by atoms with van der Waals surface area (Å²) in [6, 6.07) is 6.39. The van der Waals surface area contributed by atoms with Crippen LogP contribution in [0.1, 0.15) is 57.4 Å². The smallest absolute Gasteiger partial charge is 0.145 e. The summed E-state index contributed by atoms with van der Waals surface area (Å²) in [6.07, 6.45) is 0.747. The average Bonchev–Trinajstić information content (AvgIpc) is 2.59. The van der Waals surface area contributed by atoms with Crippen LogP contribution in [0.4, 0.5) is 0 Å². The maximum absolute atomic E-state index is 10.5. The van der Waals surface area contributed by atoms with E-state index in [0.717, 1.165) is 6.29 Å². The Hall–Kier alpha value is -1.41. The lowest BCUT2D eigenvalue weighted by Gasteiger charge is -2.24. The maximum Gasteiger partial charge on any atom is 0.145 e. The molecule has 1 atom stereocenters. The predicted molar refractivity (Wildman–Crippen MR) is 78.2 cm³/mol. The second kappa shape index (κ2) is 4.93. The van der Waals surface area contributed by atoms with E-state index in [9.17, 15) is 4.79 Å². The van der Waals surface area contributed by atoms with Gasteiger partial charge in [0.25, 0.3) is 0 Å². The number of aldehydes is 1. The van der Waals surface area contributed by atoms with Gasteiger partial charge in [-0.15, -0.1) is 0 Å². The molecule has 0 spiro atoms. The third-order valence-electron chi connectivity index (χ3n) is 3.88. The third kappa shape index (κ3) is 2.37. The van der Waals surface area contributed by atoms with Gasteiger partial charge in [-0.1, -0.05) is 39.0 Å². The minimum atomic E-state index is -0.0671. The Morgan fingerprint density at radius 1 is 1.26 bits per heavy atom. The molecule has 0 saturated heterocycles. The highest BCUT2D eigenvalue weighted by atomic mass is 16.5. The minimum absolute atomic E-state index is 0.0671. The van der Waals surface area contributed by atoms with Crippen molar-refractivity contribution in [3.05, 3.63) is 40.5 Å². The van der Waals surface area contributed by atoms with Gasteiger partial charge in [0.2, 0.25) is 0 Å². The first-order chi connectivity index (χ1) is 8.88. The first kappa shape index (κ1) is 14.0. The summed E-state index contributed by atoms with van der Waals surface area (Å²) in [5.41, 5.74) is 6.46. The van der Waals surface area contributed by atoms with Crippen molar-refractivity contribution in [2.45, 2.75) is 46.1 Å². The summed E-state index contributed by atoms with van der Waals surface area (Å²) in [5, 5.41) is 0. The lowest BCUT2D eigenvalue weighted by molar-refractivity contribution is -0.113. The first-order valence-corrected chi connectivity index (χ1v) is 6.74. The number of carbonyl (C=O) groups excluding carboxylic acids is 1. The van der Waals surface area contributed by atoms with Crippen LogP contribution in [-0.4, -0.2) is 12.9 Å². The topological polar surface area (TPSA) is 26.3 Å². The van der Waals surface area contributed by atoms with Crippen LogP contribution in [0.3, 0.4) is 0 Å². The van der Waals surface area contributed by atoms with Crippen molar-refractivity contribution >= 4 is 11.9 Å². The van der Waals surface area contributed by atoms with Crippen molar-refractivity contribution in [1.82, 2.24) is 0 Å². The molecule has 1 aromatic rings. The van der Waals surface area contributed by atoms with E-state index in [4.69, 9.17) is 4.74 Å². The van der Waals surface area contributed by atoms with Crippen molar-refractivity contribution < 1.29 is 9.53 Å². The summed E-state index contributed by atoms with van der Waals surface area (Å²) in [5.74, 6) is 0. The van der Waals surface area contributed by atoms with E-state index in [-0.39, 0.29) is 18.1 Å². The molecule has 2 heteroatoms. The van der Waals surface area contributed by atoms with Crippen LogP contribution < -0.4 is 0 Å². The Balaban J connectivity index is 2.55. The molecule has 0 amide bonds. The van der Waals surface area contributed by atoms with E-state index >= 15 is 0 Å². The SMILES string of the molecule is CC1=C(C)C(OCC=O)c2cccc(C(C)(C)C)c21. The van der Waals surface area contributed by atoms with Gasteiger partial charge in [-0.05, 0) is 47.1 Å². The van der Waals surface area contributed by atoms with E-state index in [1.807, 2.05) is 0 Å².